The third kappa shape index (κ3) is 5.23. The molecule has 0 fully saturated rings. The molecular formula is C10H16ClN3S. The third-order valence-electron chi connectivity index (χ3n) is 1.90. The smallest absolute Gasteiger partial charge is 0.222 e. The van der Waals surface area contributed by atoms with Crippen molar-refractivity contribution >= 4 is 29.3 Å². The van der Waals surface area contributed by atoms with Crippen LogP contribution in [-0.2, 0) is 0 Å². The second-order valence-corrected chi connectivity index (χ2v) is 5.09. The van der Waals surface area contributed by atoms with Crippen molar-refractivity contribution in [2.24, 2.45) is 0 Å². The minimum atomic E-state index is 0.394. The summed E-state index contributed by atoms with van der Waals surface area (Å²) < 4.78 is 0. The molecule has 0 saturated heterocycles. The molecule has 1 aromatic heterocycles. The zero-order valence-electron chi connectivity index (χ0n) is 9.03. The van der Waals surface area contributed by atoms with Crippen LogP contribution >= 0.6 is 23.4 Å². The van der Waals surface area contributed by atoms with Gasteiger partial charge in [-0.1, -0.05) is 18.5 Å². The molecule has 0 aliphatic rings. The number of nitrogens with zero attached hydrogens (tertiary/aromatic N) is 2. The monoisotopic (exact) mass is 245 g/mol. The van der Waals surface area contributed by atoms with Crippen molar-refractivity contribution in [2.45, 2.75) is 26.3 Å². The minimum Gasteiger partial charge on any atom is -0.352 e. The molecular weight excluding hydrogens is 230 g/mol. The van der Waals surface area contributed by atoms with Crippen LogP contribution in [0.2, 0.25) is 5.02 Å². The Morgan fingerprint density at radius 1 is 1.47 bits per heavy atom. The van der Waals surface area contributed by atoms with E-state index in [1.54, 1.807) is 12.4 Å². The molecule has 15 heavy (non-hydrogen) atoms. The van der Waals surface area contributed by atoms with E-state index in [1.165, 1.54) is 5.75 Å². The molecule has 3 nitrogen and oxygen atoms in total. The minimum absolute atomic E-state index is 0.394. The first-order valence-corrected chi connectivity index (χ1v) is 6.57. The first-order chi connectivity index (χ1) is 7.22. The van der Waals surface area contributed by atoms with Crippen LogP contribution in [0.4, 0.5) is 5.95 Å². The van der Waals surface area contributed by atoms with Crippen molar-refractivity contribution in [1.29, 1.82) is 0 Å². The van der Waals surface area contributed by atoms with Gasteiger partial charge in [-0.2, -0.15) is 11.8 Å². The zero-order chi connectivity index (χ0) is 11.1. The van der Waals surface area contributed by atoms with Crippen molar-refractivity contribution in [2.75, 3.05) is 16.8 Å². The van der Waals surface area contributed by atoms with E-state index in [0.717, 1.165) is 12.2 Å². The Morgan fingerprint density at radius 2 is 2.13 bits per heavy atom. The number of halogens is 1. The van der Waals surface area contributed by atoms with E-state index in [2.05, 4.69) is 29.1 Å². The Morgan fingerprint density at radius 3 is 2.73 bits per heavy atom. The predicted octanol–water partition coefficient (Wildman–Crippen LogP) is 3.07. The number of hydrogen-bond donors (Lipinski definition) is 1. The molecule has 1 atom stereocenters. The van der Waals surface area contributed by atoms with E-state index in [1.807, 2.05) is 11.8 Å². The van der Waals surface area contributed by atoms with Gasteiger partial charge in [-0.15, -0.1) is 0 Å². The summed E-state index contributed by atoms with van der Waals surface area (Å²) in [6.45, 7) is 4.30. The summed E-state index contributed by atoms with van der Waals surface area (Å²) in [6, 6.07) is 0.394. The molecule has 0 spiro atoms. The Balaban J connectivity index is 2.31. The highest BCUT2D eigenvalue weighted by atomic mass is 35.5. The Bertz CT molecular complexity index is 279. The van der Waals surface area contributed by atoms with E-state index in [4.69, 9.17) is 11.6 Å². The van der Waals surface area contributed by atoms with Gasteiger partial charge in [0.25, 0.3) is 0 Å². The van der Waals surface area contributed by atoms with Crippen molar-refractivity contribution in [3.63, 3.8) is 0 Å². The topological polar surface area (TPSA) is 37.8 Å². The van der Waals surface area contributed by atoms with E-state index in [9.17, 15) is 0 Å². The first kappa shape index (κ1) is 12.6. The van der Waals surface area contributed by atoms with Crippen LogP contribution in [0.5, 0.6) is 0 Å². The second kappa shape index (κ2) is 6.90. The van der Waals surface area contributed by atoms with Gasteiger partial charge >= 0.3 is 0 Å². The molecule has 1 unspecified atom stereocenters. The molecule has 1 N–H and O–H groups in total. The molecule has 1 heterocycles. The van der Waals surface area contributed by atoms with Crippen LogP contribution in [-0.4, -0.2) is 27.5 Å². The van der Waals surface area contributed by atoms with Crippen LogP contribution in [0.25, 0.3) is 0 Å². The molecule has 0 aromatic carbocycles. The van der Waals surface area contributed by atoms with Gasteiger partial charge in [0.05, 0.1) is 17.4 Å². The number of rotatable bonds is 6. The van der Waals surface area contributed by atoms with Crippen molar-refractivity contribution in [1.82, 2.24) is 9.97 Å². The number of hydrogen-bond acceptors (Lipinski definition) is 4. The molecule has 0 aliphatic heterocycles. The molecule has 0 aliphatic carbocycles. The third-order valence-corrected chi connectivity index (χ3v) is 3.02. The van der Waals surface area contributed by atoms with E-state index >= 15 is 0 Å². The maximum Gasteiger partial charge on any atom is 0.222 e. The second-order valence-electron chi connectivity index (χ2n) is 3.26. The molecule has 1 rings (SSSR count). The first-order valence-electron chi connectivity index (χ1n) is 5.04. The van der Waals surface area contributed by atoms with E-state index in [-0.39, 0.29) is 0 Å². The standard InChI is InChI=1S/C10H16ClN3S/c1-3-15-5-4-8(2)14-10-12-6-9(11)7-13-10/h6-8H,3-5H2,1-2H3,(H,12,13,14). The summed E-state index contributed by atoms with van der Waals surface area (Å²) in [7, 11) is 0. The van der Waals surface area contributed by atoms with Crippen LogP contribution < -0.4 is 5.32 Å². The maximum atomic E-state index is 5.69. The van der Waals surface area contributed by atoms with Gasteiger partial charge in [-0.3, -0.25) is 0 Å². The average Bonchev–Trinajstić information content (AvgIpc) is 2.22. The molecule has 0 saturated carbocycles. The molecule has 1 aromatic rings. The summed E-state index contributed by atoms with van der Waals surface area (Å²) >= 11 is 7.64. The van der Waals surface area contributed by atoms with Crippen LogP contribution in [0.1, 0.15) is 20.3 Å². The van der Waals surface area contributed by atoms with Crippen molar-refractivity contribution in [3.8, 4) is 0 Å². The Hall–Kier alpha value is -0.480. The van der Waals surface area contributed by atoms with Crippen LogP contribution in [0.15, 0.2) is 12.4 Å². The lowest BCUT2D eigenvalue weighted by Gasteiger charge is -2.12. The van der Waals surface area contributed by atoms with Crippen molar-refractivity contribution in [3.05, 3.63) is 17.4 Å². The quantitative estimate of drug-likeness (QED) is 0.782. The fourth-order valence-corrected chi connectivity index (χ4v) is 1.99. The van der Waals surface area contributed by atoms with Crippen molar-refractivity contribution < 1.29 is 0 Å². The lowest BCUT2D eigenvalue weighted by molar-refractivity contribution is 0.760. The molecule has 0 radical (unpaired) electrons. The number of nitrogens with one attached hydrogen (secondary N) is 1. The number of aromatic nitrogens is 2. The van der Waals surface area contributed by atoms with Gasteiger partial charge in [0.15, 0.2) is 0 Å². The zero-order valence-corrected chi connectivity index (χ0v) is 10.6. The Labute approximate surface area is 100 Å². The van der Waals surface area contributed by atoms with Gasteiger partial charge in [0.1, 0.15) is 0 Å². The SMILES string of the molecule is CCSCCC(C)Nc1ncc(Cl)cn1. The van der Waals surface area contributed by atoms with Crippen LogP contribution in [0.3, 0.4) is 0 Å². The molecule has 0 amide bonds. The Kier molecular flexibility index (Phi) is 5.79. The highest BCUT2D eigenvalue weighted by molar-refractivity contribution is 7.99. The van der Waals surface area contributed by atoms with Gasteiger partial charge in [-0.05, 0) is 24.9 Å². The summed E-state index contributed by atoms with van der Waals surface area (Å²) in [5, 5.41) is 3.80. The fraction of sp³-hybridized carbons (Fsp3) is 0.600. The summed E-state index contributed by atoms with van der Waals surface area (Å²) in [6.07, 6.45) is 4.32. The molecule has 0 bridgehead atoms. The summed E-state index contributed by atoms with van der Waals surface area (Å²) in [5.74, 6) is 2.98. The van der Waals surface area contributed by atoms with Gasteiger partial charge in [-0.25, -0.2) is 9.97 Å². The molecule has 5 heteroatoms. The van der Waals surface area contributed by atoms with E-state index in [0.29, 0.717) is 17.0 Å². The molecule has 84 valence electrons. The van der Waals surface area contributed by atoms with Gasteiger partial charge in [0.2, 0.25) is 5.95 Å². The lowest BCUT2D eigenvalue weighted by Crippen LogP contribution is -2.17. The number of thioether (sulfide) groups is 1. The summed E-state index contributed by atoms with van der Waals surface area (Å²) in [4.78, 5) is 8.17. The van der Waals surface area contributed by atoms with Gasteiger partial charge < -0.3 is 5.32 Å². The van der Waals surface area contributed by atoms with Gasteiger partial charge in [0, 0.05) is 6.04 Å². The largest absolute Gasteiger partial charge is 0.352 e. The lowest BCUT2D eigenvalue weighted by atomic mass is 10.3. The highest BCUT2D eigenvalue weighted by Gasteiger charge is 2.03. The predicted molar refractivity (Wildman–Crippen MR) is 67.7 cm³/mol. The van der Waals surface area contributed by atoms with E-state index < -0.39 is 0 Å². The maximum absolute atomic E-state index is 5.69. The fourth-order valence-electron chi connectivity index (χ4n) is 1.08. The van der Waals surface area contributed by atoms with Crippen LogP contribution in [0, 0.1) is 0 Å². The summed E-state index contributed by atoms with van der Waals surface area (Å²) in [5.41, 5.74) is 0. The highest BCUT2D eigenvalue weighted by Crippen LogP contribution is 2.09. The average molecular weight is 246 g/mol. The normalized spacial score (nSPS) is 12.5. The number of anilines is 1.